The van der Waals surface area contributed by atoms with Crippen LogP contribution >= 0.6 is 11.8 Å². The summed E-state index contributed by atoms with van der Waals surface area (Å²) in [4.78, 5) is 10.7. The van der Waals surface area contributed by atoms with Gasteiger partial charge >= 0.3 is 5.97 Å². The zero-order valence-electron chi connectivity index (χ0n) is 7.80. The zero-order chi connectivity index (χ0) is 10.6. The molecule has 0 aliphatic rings. The molecule has 3 nitrogen and oxygen atoms in total. The highest BCUT2D eigenvalue weighted by molar-refractivity contribution is 7.99. The summed E-state index contributed by atoms with van der Waals surface area (Å²) in [6.07, 6.45) is 2.26. The molecule has 2 N–H and O–H groups in total. The SMILES string of the molecule is CSC(Cc1ccc(O)cc1)C(=O)O. The van der Waals surface area contributed by atoms with E-state index < -0.39 is 11.2 Å². The van der Waals surface area contributed by atoms with E-state index in [4.69, 9.17) is 10.2 Å². The number of phenolic OH excluding ortho intramolecular Hbond substituents is 1. The first kappa shape index (κ1) is 10.9. The lowest BCUT2D eigenvalue weighted by Crippen LogP contribution is -2.18. The van der Waals surface area contributed by atoms with Gasteiger partial charge in [0.15, 0.2) is 0 Å². The minimum absolute atomic E-state index is 0.199. The third-order valence-corrected chi connectivity index (χ3v) is 2.85. The predicted octanol–water partition coefficient (Wildman–Crippen LogP) is 1.75. The Morgan fingerprint density at radius 1 is 1.43 bits per heavy atom. The van der Waals surface area contributed by atoms with Crippen molar-refractivity contribution < 1.29 is 15.0 Å². The van der Waals surface area contributed by atoms with Crippen molar-refractivity contribution in [1.29, 1.82) is 0 Å². The van der Waals surface area contributed by atoms with Gasteiger partial charge in [-0.25, -0.2) is 0 Å². The molecule has 4 heteroatoms. The van der Waals surface area contributed by atoms with E-state index in [9.17, 15) is 4.79 Å². The van der Waals surface area contributed by atoms with E-state index in [0.29, 0.717) is 6.42 Å². The number of rotatable bonds is 4. The van der Waals surface area contributed by atoms with Crippen molar-refractivity contribution in [3.8, 4) is 5.75 Å². The number of carboxylic acids is 1. The second-order valence-corrected chi connectivity index (χ2v) is 3.97. The van der Waals surface area contributed by atoms with E-state index in [-0.39, 0.29) is 5.75 Å². The smallest absolute Gasteiger partial charge is 0.316 e. The van der Waals surface area contributed by atoms with E-state index in [2.05, 4.69) is 0 Å². The summed E-state index contributed by atoms with van der Waals surface area (Å²) in [7, 11) is 0. The second kappa shape index (κ2) is 4.91. The van der Waals surface area contributed by atoms with Gasteiger partial charge in [-0.3, -0.25) is 4.79 Å². The molecule has 0 bridgehead atoms. The van der Waals surface area contributed by atoms with Gasteiger partial charge in [-0.15, -0.1) is 11.8 Å². The lowest BCUT2D eigenvalue weighted by atomic mass is 10.1. The maximum absolute atomic E-state index is 10.7. The molecule has 0 fully saturated rings. The van der Waals surface area contributed by atoms with Crippen LogP contribution in [0.25, 0.3) is 0 Å². The molecule has 0 aromatic heterocycles. The monoisotopic (exact) mass is 212 g/mol. The number of thioether (sulfide) groups is 1. The summed E-state index contributed by atoms with van der Waals surface area (Å²) in [5.74, 6) is -0.602. The van der Waals surface area contributed by atoms with Crippen LogP contribution in [-0.4, -0.2) is 27.7 Å². The van der Waals surface area contributed by atoms with Gasteiger partial charge in [-0.05, 0) is 30.4 Å². The first-order valence-corrected chi connectivity index (χ1v) is 5.46. The van der Waals surface area contributed by atoms with Gasteiger partial charge in [0, 0.05) is 0 Å². The molecular formula is C10H12O3S. The first-order chi connectivity index (χ1) is 6.63. The molecule has 14 heavy (non-hydrogen) atoms. The van der Waals surface area contributed by atoms with E-state index in [1.807, 2.05) is 0 Å². The van der Waals surface area contributed by atoms with Crippen LogP contribution in [0.15, 0.2) is 24.3 Å². The maximum atomic E-state index is 10.7. The number of phenols is 1. The molecule has 0 saturated heterocycles. The molecule has 0 amide bonds. The van der Waals surface area contributed by atoms with Crippen LogP contribution in [0.1, 0.15) is 5.56 Å². The number of aliphatic carboxylic acids is 1. The lowest BCUT2D eigenvalue weighted by molar-refractivity contribution is -0.136. The number of benzene rings is 1. The Morgan fingerprint density at radius 2 is 2.00 bits per heavy atom. The number of aromatic hydroxyl groups is 1. The molecule has 0 aliphatic heterocycles. The average Bonchev–Trinajstić information content (AvgIpc) is 2.16. The largest absolute Gasteiger partial charge is 0.508 e. The quantitative estimate of drug-likeness (QED) is 0.798. The molecule has 76 valence electrons. The van der Waals surface area contributed by atoms with Crippen LogP contribution in [0.2, 0.25) is 0 Å². The molecule has 0 aliphatic carbocycles. The van der Waals surface area contributed by atoms with Crippen molar-refractivity contribution in [2.45, 2.75) is 11.7 Å². The molecule has 0 saturated carbocycles. The van der Waals surface area contributed by atoms with Crippen LogP contribution in [-0.2, 0) is 11.2 Å². The predicted molar refractivity (Wildman–Crippen MR) is 56.7 cm³/mol. The third-order valence-electron chi connectivity index (χ3n) is 1.92. The van der Waals surface area contributed by atoms with Crippen LogP contribution in [0, 0.1) is 0 Å². The molecule has 1 atom stereocenters. The molecule has 1 aromatic carbocycles. The van der Waals surface area contributed by atoms with E-state index in [0.717, 1.165) is 5.56 Å². The van der Waals surface area contributed by atoms with E-state index >= 15 is 0 Å². The Hall–Kier alpha value is -1.16. The lowest BCUT2D eigenvalue weighted by Gasteiger charge is -2.08. The highest BCUT2D eigenvalue weighted by Gasteiger charge is 2.15. The van der Waals surface area contributed by atoms with Crippen LogP contribution in [0.5, 0.6) is 5.75 Å². The van der Waals surface area contributed by atoms with Crippen molar-refractivity contribution in [1.82, 2.24) is 0 Å². The fourth-order valence-electron chi connectivity index (χ4n) is 1.12. The minimum Gasteiger partial charge on any atom is -0.508 e. The molecule has 1 aromatic rings. The average molecular weight is 212 g/mol. The Bertz CT molecular complexity index is 308. The van der Waals surface area contributed by atoms with Crippen molar-refractivity contribution >= 4 is 17.7 Å². The van der Waals surface area contributed by atoms with Crippen LogP contribution in [0.3, 0.4) is 0 Å². The van der Waals surface area contributed by atoms with Gasteiger partial charge in [0.25, 0.3) is 0 Å². The summed E-state index contributed by atoms with van der Waals surface area (Å²) in [5, 5.41) is 17.4. The van der Waals surface area contributed by atoms with E-state index in [1.165, 1.54) is 11.8 Å². The van der Waals surface area contributed by atoms with Gasteiger partial charge < -0.3 is 10.2 Å². The Kier molecular flexibility index (Phi) is 3.83. The molecular weight excluding hydrogens is 200 g/mol. The maximum Gasteiger partial charge on any atom is 0.316 e. The molecule has 0 spiro atoms. The zero-order valence-corrected chi connectivity index (χ0v) is 8.62. The molecule has 0 radical (unpaired) electrons. The summed E-state index contributed by atoms with van der Waals surface area (Å²) in [5.41, 5.74) is 0.921. The summed E-state index contributed by atoms with van der Waals surface area (Å²) < 4.78 is 0. The molecule has 1 rings (SSSR count). The van der Waals surface area contributed by atoms with Gasteiger partial charge in [0.2, 0.25) is 0 Å². The minimum atomic E-state index is -0.800. The Labute approximate surface area is 86.8 Å². The topological polar surface area (TPSA) is 57.5 Å². The Morgan fingerprint density at radius 3 is 2.43 bits per heavy atom. The van der Waals surface area contributed by atoms with Crippen LogP contribution in [0.4, 0.5) is 0 Å². The fourth-order valence-corrected chi connectivity index (χ4v) is 1.68. The fraction of sp³-hybridized carbons (Fsp3) is 0.300. The van der Waals surface area contributed by atoms with Crippen molar-refractivity contribution in [3.05, 3.63) is 29.8 Å². The summed E-state index contributed by atoms with van der Waals surface area (Å²) in [6, 6.07) is 6.60. The van der Waals surface area contributed by atoms with Crippen molar-refractivity contribution in [3.63, 3.8) is 0 Å². The standard InChI is InChI=1S/C10H12O3S/c1-14-9(10(12)13)6-7-2-4-8(11)5-3-7/h2-5,9,11H,6H2,1H3,(H,12,13). The number of hydrogen-bond acceptors (Lipinski definition) is 3. The van der Waals surface area contributed by atoms with Crippen LogP contribution < -0.4 is 0 Å². The molecule has 0 heterocycles. The van der Waals surface area contributed by atoms with Gasteiger partial charge in [0.05, 0.1) is 0 Å². The van der Waals surface area contributed by atoms with Crippen molar-refractivity contribution in [2.75, 3.05) is 6.26 Å². The van der Waals surface area contributed by atoms with E-state index in [1.54, 1.807) is 30.5 Å². The number of hydrogen-bond donors (Lipinski definition) is 2. The highest BCUT2D eigenvalue weighted by Crippen LogP contribution is 2.16. The second-order valence-electron chi connectivity index (χ2n) is 2.93. The number of carbonyl (C=O) groups is 1. The van der Waals surface area contributed by atoms with Crippen molar-refractivity contribution in [2.24, 2.45) is 0 Å². The number of carboxylic acid groups (broad SMARTS) is 1. The summed E-state index contributed by atoms with van der Waals surface area (Å²) in [6.45, 7) is 0. The molecule has 1 unspecified atom stereocenters. The summed E-state index contributed by atoms with van der Waals surface area (Å²) >= 11 is 1.32. The van der Waals surface area contributed by atoms with Gasteiger partial charge in [0.1, 0.15) is 11.0 Å². The van der Waals surface area contributed by atoms with Gasteiger partial charge in [-0.2, -0.15) is 0 Å². The normalized spacial score (nSPS) is 12.4. The third kappa shape index (κ3) is 2.96. The Balaban J connectivity index is 2.67. The highest BCUT2D eigenvalue weighted by atomic mass is 32.2. The first-order valence-electron chi connectivity index (χ1n) is 4.17. The van der Waals surface area contributed by atoms with Gasteiger partial charge in [-0.1, -0.05) is 12.1 Å².